The maximum Gasteiger partial charge on any atom is 3.00 e. The van der Waals surface area contributed by atoms with Gasteiger partial charge in [-0.15, -0.1) is 12.1 Å². The largest absolute Gasteiger partial charge is 3.00 e. The van der Waals surface area contributed by atoms with Gasteiger partial charge in [0.05, 0.1) is 18.9 Å². The first-order valence-corrected chi connectivity index (χ1v) is 9.36. The number of H-pyrrole nitrogens is 1. The van der Waals surface area contributed by atoms with E-state index in [2.05, 4.69) is 52.8 Å². The fourth-order valence-corrected chi connectivity index (χ4v) is 3.30. The van der Waals surface area contributed by atoms with E-state index < -0.39 is 0 Å². The van der Waals surface area contributed by atoms with E-state index in [1.165, 1.54) is 25.7 Å². The number of fused-ring (bicyclic) bond motifs is 1. The average molecular weight is 400 g/mol. The molecule has 0 spiro atoms. The van der Waals surface area contributed by atoms with Crippen LogP contribution in [0.1, 0.15) is 45.2 Å². The molecule has 2 aromatic rings. The molecule has 2 aliphatic rings. The third-order valence-electron chi connectivity index (χ3n) is 4.87. The minimum absolute atomic E-state index is 0. The number of aromatic amines is 1. The van der Waals surface area contributed by atoms with Crippen LogP contribution in [0.4, 0.5) is 5.82 Å². The second-order valence-electron chi connectivity index (χ2n) is 7.15. The Morgan fingerprint density at radius 1 is 1.27 bits per heavy atom. The van der Waals surface area contributed by atoms with Gasteiger partial charge in [0, 0.05) is 18.4 Å². The van der Waals surface area contributed by atoms with Crippen molar-refractivity contribution >= 4 is 16.9 Å². The molecule has 3 heterocycles. The van der Waals surface area contributed by atoms with Gasteiger partial charge >= 0.3 is 16.5 Å². The van der Waals surface area contributed by atoms with Crippen molar-refractivity contribution in [1.29, 1.82) is 0 Å². The van der Waals surface area contributed by atoms with E-state index in [9.17, 15) is 0 Å². The van der Waals surface area contributed by atoms with Crippen LogP contribution in [0.2, 0.25) is 0 Å². The summed E-state index contributed by atoms with van der Waals surface area (Å²) in [6.45, 7) is 8.81. The van der Waals surface area contributed by atoms with Gasteiger partial charge in [-0.05, 0) is 12.6 Å². The predicted octanol–water partition coefficient (Wildman–Crippen LogP) is 3.89. The van der Waals surface area contributed by atoms with E-state index in [1.807, 2.05) is 13.0 Å². The van der Waals surface area contributed by atoms with E-state index in [1.54, 1.807) is 0 Å². The van der Waals surface area contributed by atoms with Crippen LogP contribution in [0.25, 0.3) is 11.0 Å². The van der Waals surface area contributed by atoms with Gasteiger partial charge in [-0.1, -0.05) is 25.2 Å². The van der Waals surface area contributed by atoms with E-state index in [0.29, 0.717) is 6.04 Å². The Labute approximate surface area is 167 Å². The minimum atomic E-state index is 0. The van der Waals surface area contributed by atoms with Crippen LogP contribution in [0.3, 0.4) is 0 Å². The molecule has 26 heavy (non-hydrogen) atoms. The first-order chi connectivity index (χ1) is 12.1. The molecule has 1 N–H and O–H groups in total. The summed E-state index contributed by atoms with van der Waals surface area (Å²) in [4.78, 5) is 6.81. The summed E-state index contributed by atoms with van der Waals surface area (Å²) < 4.78 is 5.42. The standard InChI is InChI=1S/C12H15N4O.C8H14.Ni/c1-8-7-17-6-5-16(8)11-4-3-10-9(2)14-15-12(10)13-11;1-8-6-4-2-3-5-7-8;/h4,8H,5-7H2,1-2H3,(H,13,14,15);4-5,8H,2-3,6-7H2,1H3;/q-1;-2;+3. The number of nitrogens with zero attached hydrogens (tertiary/aromatic N) is 3. The summed E-state index contributed by atoms with van der Waals surface area (Å²) in [5, 5.41) is 8.07. The molecule has 0 amide bonds. The minimum Gasteiger partial charge on any atom is -0.389 e. The number of nitrogens with one attached hydrogen (secondary N) is 1. The summed E-state index contributed by atoms with van der Waals surface area (Å²) in [5.41, 5.74) is 1.74. The van der Waals surface area contributed by atoms with E-state index in [-0.39, 0.29) is 16.5 Å². The zero-order valence-corrected chi connectivity index (χ0v) is 16.9. The zero-order chi connectivity index (χ0) is 17.6. The first-order valence-electron chi connectivity index (χ1n) is 9.36. The van der Waals surface area contributed by atoms with Crippen LogP contribution in [-0.4, -0.2) is 41.0 Å². The van der Waals surface area contributed by atoms with Crippen molar-refractivity contribution in [3.05, 3.63) is 30.7 Å². The number of aromatic nitrogens is 3. The van der Waals surface area contributed by atoms with Crippen molar-refractivity contribution in [3.8, 4) is 0 Å². The number of hydrogen-bond donors (Lipinski definition) is 1. The Morgan fingerprint density at radius 3 is 2.69 bits per heavy atom. The van der Waals surface area contributed by atoms with Crippen LogP contribution < -0.4 is 4.90 Å². The molecular weight excluding hydrogens is 371 g/mol. The molecule has 1 atom stereocenters. The fourth-order valence-electron chi connectivity index (χ4n) is 3.30. The topological polar surface area (TPSA) is 54.0 Å². The van der Waals surface area contributed by atoms with Crippen molar-refractivity contribution in [2.45, 2.75) is 52.5 Å². The maximum atomic E-state index is 5.42. The molecule has 1 aliphatic carbocycles. The molecule has 6 heteroatoms. The van der Waals surface area contributed by atoms with Crippen molar-refractivity contribution in [2.24, 2.45) is 5.92 Å². The van der Waals surface area contributed by atoms with Gasteiger partial charge in [0.1, 0.15) is 0 Å². The number of rotatable bonds is 1. The number of morpholine rings is 1. The van der Waals surface area contributed by atoms with Gasteiger partial charge in [0.2, 0.25) is 0 Å². The molecule has 1 radical (unpaired) electrons. The van der Waals surface area contributed by atoms with Gasteiger partial charge in [-0.3, -0.25) is 0 Å². The normalized spacial score (nSPS) is 21.5. The van der Waals surface area contributed by atoms with Crippen LogP contribution in [0.15, 0.2) is 6.07 Å². The molecule has 2 fully saturated rings. The molecule has 145 valence electrons. The Kier molecular flexibility index (Phi) is 8.37. The second kappa shape index (κ2) is 10.3. The van der Waals surface area contributed by atoms with Crippen molar-refractivity contribution in [2.75, 3.05) is 24.7 Å². The number of ether oxygens (including phenoxy) is 1. The third-order valence-corrected chi connectivity index (χ3v) is 4.87. The molecule has 4 rings (SSSR count). The Bertz CT molecular complexity index is 667. The van der Waals surface area contributed by atoms with Crippen molar-refractivity contribution in [1.82, 2.24) is 15.2 Å². The summed E-state index contributed by atoms with van der Waals surface area (Å²) in [7, 11) is 0. The van der Waals surface area contributed by atoms with Gasteiger partial charge in [-0.25, -0.2) is 17.9 Å². The number of hydrogen-bond acceptors (Lipinski definition) is 4. The number of aryl methyl sites for hydroxylation is 1. The summed E-state index contributed by atoms with van der Waals surface area (Å²) in [6.07, 6.45) is 10.1. The summed E-state index contributed by atoms with van der Waals surface area (Å²) in [5.74, 6) is 1.84. The summed E-state index contributed by atoms with van der Waals surface area (Å²) in [6, 6.07) is 5.53. The van der Waals surface area contributed by atoms with Crippen molar-refractivity contribution < 1.29 is 21.2 Å². The third kappa shape index (κ3) is 5.43. The SMILES string of the molecule is CC1C[CH-]CC[CH-]C1.Cc1[nH]nc2nc(N3CCOCC3C)c[c-]c12.[Ni+3]. The van der Waals surface area contributed by atoms with Crippen LogP contribution in [-0.2, 0) is 21.2 Å². The predicted molar refractivity (Wildman–Crippen MR) is 101 cm³/mol. The van der Waals surface area contributed by atoms with Gasteiger partial charge in [-0.2, -0.15) is 12.8 Å². The Morgan fingerprint density at radius 2 is 2.00 bits per heavy atom. The van der Waals surface area contributed by atoms with Gasteiger partial charge in [0.25, 0.3) is 0 Å². The molecule has 1 aliphatic heterocycles. The molecule has 0 bridgehead atoms. The molecule has 5 nitrogen and oxygen atoms in total. The molecular formula is C20H29N4NiO. The fraction of sp³-hybridized carbons (Fsp3) is 0.600. The number of pyridine rings is 1. The molecule has 1 saturated carbocycles. The van der Waals surface area contributed by atoms with Crippen LogP contribution in [0, 0.1) is 31.7 Å². The van der Waals surface area contributed by atoms with Crippen molar-refractivity contribution in [3.63, 3.8) is 0 Å². The average Bonchev–Trinajstić information content (AvgIpc) is 2.82. The monoisotopic (exact) mass is 399 g/mol. The van der Waals surface area contributed by atoms with Gasteiger partial charge < -0.3 is 32.6 Å². The molecule has 0 aromatic carbocycles. The summed E-state index contributed by atoms with van der Waals surface area (Å²) >= 11 is 0. The first kappa shape index (κ1) is 21.2. The Balaban J connectivity index is 0.000000230. The Hall–Kier alpha value is -1.13. The quantitative estimate of drug-likeness (QED) is 0.448. The zero-order valence-electron chi connectivity index (χ0n) is 15.9. The molecule has 1 saturated heterocycles. The van der Waals surface area contributed by atoms with Gasteiger partial charge in [0.15, 0.2) is 0 Å². The van der Waals surface area contributed by atoms with E-state index in [4.69, 9.17) is 4.74 Å². The van der Waals surface area contributed by atoms with E-state index in [0.717, 1.165) is 48.2 Å². The number of anilines is 1. The van der Waals surface area contributed by atoms with E-state index >= 15 is 0 Å². The molecule has 1 unspecified atom stereocenters. The van der Waals surface area contributed by atoms with Crippen LogP contribution >= 0.6 is 0 Å². The second-order valence-corrected chi connectivity index (χ2v) is 7.15. The smallest absolute Gasteiger partial charge is 0.389 e. The molecule has 2 aromatic heterocycles. The maximum absolute atomic E-state index is 5.42. The van der Waals surface area contributed by atoms with Crippen LogP contribution in [0.5, 0.6) is 0 Å².